The van der Waals surface area contributed by atoms with E-state index in [1.807, 2.05) is 14.1 Å². The van der Waals surface area contributed by atoms with Gasteiger partial charge in [-0.05, 0) is 32.0 Å². The average molecular weight is 397 g/mol. The van der Waals surface area contributed by atoms with E-state index in [0.717, 1.165) is 43.5 Å². The van der Waals surface area contributed by atoms with Crippen molar-refractivity contribution in [1.29, 1.82) is 0 Å². The zero-order valence-electron chi connectivity index (χ0n) is 16.2. The van der Waals surface area contributed by atoms with Crippen molar-refractivity contribution in [3.63, 3.8) is 0 Å². The molecule has 0 aliphatic carbocycles. The van der Waals surface area contributed by atoms with Crippen LogP contribution in [-0.4, -0.2) is 61.0 Å². The monoisotopic (exact) mass is 396 g/mol. The number of carbonyl (C=O) groups excluding carboxylic acids is 1. The van der Waals surface area contributed by atoms with Gasteiger partial charge in [0, 0.05) is 32.2 Å². The van der Waals surface area contributed by atoms with Crippen molar-refractivity contribution in [2.75, 3.05) is 45.6 Å². The van der Waals surface area contributed by atoms with E-state index in [0.29, 0.717) is 16.4 Å². The Labute approximate surface area is 162 Å². The highest BCUT2D eigenvalue weighted by atomic mass is 32.1. The fourth-order valence-corrected chi connectivity index (χ4v) is 4.59. The van der Waals surface area contributed by atoms with E-state index < -0.39 is 11.6 Å². The molecule has 0 spiro atoms. The molecule has 1 atom stereocenters. The molecule has 1 aliphatic rings. The fraction of sp³-hybridized carbons (Fsp3) is 0.579. The number of piperidine rings is 1. The standard InChI is InChI=1S/C19H26F2N4OS/c1-19(2)9-12(10-25(11-19)6-5-24(3)4)17(26)23-18-22-16-14(21)7-13(20)8-15(16)27-18/h7-8,12H,5-6,9-11H2,1-4H3,(H,22,23,26). The lowest BCUT2D eigenvalue weighted by atomic mass is 9.78. The number of aromatic nitrogens is 1. The van der Waals surface area contributed by atoms with Crippen LogP contribution in [0.4, 0.5) is 13.9 Å². The molecular formula is C19H26F2N4OS. The number of carbonyl (C=O) groups is 1. The van der Waals surface area contributed by atoms with Gasteiger partial charge in [-0.15, -0.1) is 0 Å². The van der Waals surface area contributed by atoms with E-state index >= 15 is 0 Å². The maximum atomic E-state index is 13.8. The number of hydrogen-bond acceptors (Lipinski definition) is 5. The molecule has 148 valence electrons. The Balaban J connectivity index is 1.71. The van der Waals surface area contributed by atoms with Gasteiger partial charge in [0.2, 0.25) is 5.91 Å². The Morgan fingerprint density at radius 2 is 2.15 bits per heavy atom. The normalized spacial score (nSPS) is 20.3. The lowest BCUT2D eigenvalue weighted by Crippen LogP contribution is -2.49. The molecule has 0 saturated carbocycles. The van der Waals surface area contributed by atoms with Crippen LogP contribution in [0.5, 0.6) is 0 Å². The smallest absolute Gasteiger partial charge is 0.230 e. The number of nitrogens with one attached hydrogen (secondary N) is 1. The third-order valence-corrected chi connectivity index (χ3v) is 5.72. The first-order valence-electron chi connectivity index (χ1n) is 9.06. The average Bonchev–Trinajstić information content (AvgIpc) is 2.94. The van der Waals surface area contributed by atoms with Crippen LogP contribution in [0.3, 0.4) is 0 Å². The van der Waals surface area contributed by atoms with E-state index in [2.05, 4.69) is 33.9 Å². The van der Waals surface area contributed by atoms with Gasteiger partial charge in [-0.25, -0.2) is 13.8 Å². The van der Waals surface area contributed by atoms with Crippen molar-refractivity contribution >= 4 is 32.6 Å². The number of rotatable bonds is 5. The Bertz CT molecular complexity index is 836. The lowest BCUT2D eigenvalue weighted by Gasteiger charge is -2.42. The van der Waals surface area contributed by atoms with E-state index in [4.69, 9.17) is 0 Å². The Morgan fingerprint density at radius 3 is 2.85 bits per heavy atom. The summed E-state index contributed by atoms with van der Waals surface area (Å²) < 4.78 is 27.6. The highest BCUT2D eigenvalue weighted by molar-refractivity contribution is 7.22. The second-order valence-electron chi connectivity index (χ2n) is 8.35. The highest BCUT2D eigenvalue weighted by Crippen LogP contribution is 2.34. The molecule has 0 radical (unpaired) electrons. The minimum absolute atomic E-state index is 0.0371. The van der Waals surface area contributed by atoms with Crippen LogP contribution in [-0.2, 0) is 4.79 Å². The number of benzene rings is 1. The Kier molecular flexibility index (Phi) is 5.79. The van der Waals surface area contributed by atoms with Crippen molar-refractivity contribution in [3.8, 4) is 0 Å². The number of likely N-dealkylation sites (N-methyl/N-ethyl adjacent to an activating group) is 1. The molecule has 1 aromatic heterocycles. The third-order valence-electron chi connectivity index (χ3n) is 4.81. The molecule has 1 unspecified atom stereocenters. The summed E-state index contributed by atoms with van der Waals surface area (Å²) in [5.41, 5.74) is 0.128. The van der Waals surface area contributed by atoms with Gasteiger partial charge in [-0.1, -0.05) is 25.2 Å². The number of amides is 1. The Hall–Kier alpha value is -1.64. The van der Waals surface area contributed by atoms with Crippen molar-refractivity contribution < 1.29 is 13.6 Å². The zero-order valence-corrected chi connectivity index (χ0v) is 17.0. The molecule has 2 heterocycles. The number of hydrogen-bond donors (Lipinski definition) is 1. The minimum atomic E-state index is -0.713. The van der Waals surface area contributed by atoms with Crippen molar-refractivity contribution in [3.05, 3.63) is 23.8 Å². The number of anilines is 1. The first-order chi connectivity index (χ1) is 12.6. The van der Waals surface area contributed by atoms with Crippen molar-refractivity contribution in [2.45, 2.75) is 20.3 Å². The number of thiazole rings is 1. The van der Waals surface area contributed by atoms with Crippen LogP contribution in [0, 0.1) is 23.0 Å². The molecule has 3 rings (SSSR count). The molecule has 2 aromatic rings. The van der Waals surface area contributed by atoms with Crippen LogP contribution < -0.4 is 5.32 Å². The van der Waals surface area contributed by atoms with Gasteiger partial charge < -0.3 is 15.1 Å². The van der Waals surface area contributed by atoms with Gasteiger partial charge in [-0.2, -0.15) is 0 Å². The topological polar surface area (TPSA) is 48.5 Å². The molecule has 1 saturated heterocycles. The maximum Gasteiger partial charge on any atom is 0.230 e. The van der Waals surface area contributed by atoms with Crippen molar-refractivity contribution in [2.24, 2.45) is 11.3 Å². The number of likely N-dealkylation sites (tertiary alicyclic amines) is 1. The van der Waals surface area contributed by atoms with E-state index in [-0.39, 0.29) is 22.8 Å². The van der Waals surface area contributed by atoms with Crippen LogP contribution in [0.25, 0.3) is 10.2 Å². The molecule has 1 aromatic carbocycles. The van der Waals surface area contributed by atoms with Crippen LogP contribution in [0.1, 0.15) is 20.3 Å². The van der Waals surface area contributed by atoms with Crippen LogP contribution >= 0.6 is 11.3 Å². The molecule has 0 bridgehead atoms. The van der Waals surface area contributed by atoms with Gasteiger partial charge in [0.1, 0.15) is 11.3 Å². The summed E-state index contributed by atoms with van der Waals surface area (Å²) in [6.45, 7) is 7.84. The fourth-order valence-electron chi connectivity index (χ4n) is 3.68. The third kappa shape index (κ3) is 5.00. The molecule has 27 heavy (non-hydrogen) atoms. The zero-order chi connectivity index (χ0) is 19.8. The number of nitrogens with zero attached hydrogens (tertiary/aromatic N) is 3. The van der Waals surface area contributed by atoms with Gasteiger partial charge >= 0.3 is 0 Å². The van der Waals surface area contributed by atoms with E-state index in [1.54, 1.807) is 0 Å². The van der Waals surface area contributed by atoms with Gasteiger partial charge in [-0.3, -0.25) is 4.79 Å². The van der Waals surface area contributed by atoms with Crippen LogP contribution in [0.2, 0.25) is 0 Å². The maximum absolute atomic E-state index is 13.8. The number of fused-ring (bicyclic) bond motifs is 1. The molecule has 1 N–H and O–H groups in total. The highest BCUT2D eigenvalue weighted by Gasteiger charge is 2.36. The second-order valence-corrected chi connectivity index (χ2v) is 9.38. The first-order valence-corrected chi connectivity index (χ1v) is 9.88. The lowest BCUT2D eigenvalue weighted by molar-refractivity contribution is -0.123. The largest absolute Gasteiger partial charge is 0.308 e. The summed E-state index contributed by atoms with van der Waals surface area (Å²) in [4.78, 5) is 21.4. The van der Waals surface area contributed by atoms with Crippen molar-refractivity contribution in [1.82, 2.24) is 14.8 Å². The van der Waals surface area contributed by atoms with Gasteiger partial charge in [0.25, 0.3) is 0 Å². The molecule has 1 amide bonds. The molecule has 8 heteroatoms. The van der Waals surface area contributed by atoms with Crippen LogP contribution in [0.15, 0.2) is 12.1 Å². The summed E-state index contributed by atoms with van der Waals surface area (Å²) in [6, 6.07) is 2.04. The van der Waals surface area contributed by atoms with E-state index in [1.165, 1.54) is 6.07 Å². The SMILES string of the molecule is CN(C)CCN1CC(C(=O)Nc2nc3c(F)cc(F)cc3s2)CC(C)(C)C1. The second kappa shape index (κ2) is 7.77. The summed E-state index contributed by atoms with van der Waals surface area (Å²) in [5, 5.41) is 3.12. The summed E-state index contributed by atoms with van der Waals surface area (Å²) in [5.74, 6) is -1.63. The predicted molar refractivity (Wildman–Crippen MR) is 105 cm³/mol. The predicted octanol–water partition coefficient (Wildman–Crippen LogP) is 3.42. The molecular weight excluding hydrogens is 370 g/mol. The Morgan fingerprint density at radius 1 is 1.41 bits per heavy atom. The summed E-state index contributed by atoms with van der Waals surface area (Å²) in [7, 11) is 4.07. The van der Waals surface area contributed by atoms with Gasteiger partial charge in [0.15, 0.2) is 10.9 Å². The molecule has 1 fully saturated rings. The summed E-state index contributed by atoms with van der Waals surface area (Å²) >= 11 is 1.09. The molecule has 5 nitrogen and oxygen atoms in total. The molecule has 1 aliphatic heterocycles. The van der Waals surface area contributed by atoms with Gasteiger partial charge in [0.05, 0.1) is 10.6 Å². The first kappa shape index (κ1) is 20.1. The van der Waals surface area contributed by atoms with E-state index in [9.17, 15) is 13.6 Å². The minimum Gasteiger partial charge on any atom is -0.308 e. The number of halogens is 2. The summed E-state index contributed by atoms with van der Waals surface area (Å²) in [6.07, 6.45) is 0.783. The quantitative estimate of drug-likeness (QED) is 0.841.